The summed E-state index contributed by atoms with van der Waals surface area (Å²) in [5.41, 5.74) is 2.74. The van der Waals surface area contributed by atoms with Gasteiger partial charge in [0.25, 0.3) is 0 Å². The standard InChI is InChI=1S/C20H15ClFN3S/c1-13-23-11-19(26-13)10-17-12-25(18-8-4-15(21)5-9-18)20(24-17)14-2-6-16(22)7-3-14/h2-9,11-12H,10H2,1H3. The molecule has 0 aliphatic heterocycles. The molecule has 0 atom stereocenters. The molecule has 0 amide bonds. The van der Waals surface area contributed by atoms with Crippen molar-refractivity contribution in [2.24, 2.45) is 0 Å². The van der Waals surface area contributed by atoms with Gasteiger partial charge in [0.2, 0.25) is 0 Å². The molecule has 3 nitrogen and oxygen atoms in total. The summed E-state index contributed by atoms with van der Waals surface area (Å²) in [6, 6.07) is 13.9. The molecule has 0 aliphatic rings. The van der Waals surface area contributed by atoms with Crippen molar-refractivity contribution in [3.05, 3.63) is 87.3 Å². The molecule has 4 rings (SSSR count). The lowest BCUT2D eigenvalue weighted by Gasteiger charge is -2.08. The number of halogens is 2. The van der Waals surface area contributed by atoms with E-state index >= 15 is 0 Å². The van der Waals surface area contributed by atoms with Gasteiger partial charge >= 0.3 is 0 Å². The first-order valence-corrected chi connectivity index (χ1v) is 9.29. The van der Waals surface area contributed by atoms with Crippen molar-refractivity contribution in [1.29, 1.82) is 0 Å². The van der Waals surface area contributed by atoms with Crippen LogP contribution in [0.4, 0.5) is 4.39 Å². The van der Waals surface area contributed by atoms with Gasteiger partial charge in [-0.15, -0.1) is 11.3 Å². The summed E-state index contributed by atoms with van der Waals surface area (Å²) in [6.45, 7) is 1.99. The Morgan fingerprint density at radius 2 is 1.81 bits per heavy atom. The van der Waals surface area contributed by atoms with Gasteiger partial charge in [0, 0.05) is 40.0 Å². The van der Waals surface area contributed by atoms with Crippen LogP contribution >= 0.6 is 22.9 Å². The second-order valence-corrected chi connectivity index (χ2v) is 7.69. The van der Waals surface area contributed by atoms with Crippen molar-refractivity contribution in [3.8, 4) is 17.1 Å². The maximum Gasteiger partial charge on any atom is 0.144 e. The summed E-state index contributed by atoms with van der Waals surface area (Å²) in [7, 11) is 0. The first-order chi connectivity index (χ1) is 12.6. The average Bonchev–Trinajstić information content (AvgIpc) is 3.23. The molecule has 4 aromatic rings. The predicted octanol–water partition coefficient (Wildman–Crippen LogP) is 5.69. The summed E-state index contributed by atoms with van der Waals surface area (Å²) in [5.74, 6) is 0.502. The lowest BCUT2D eigenvalue weighted by atomic mass is 10.2. The van der Waals surface area contributed by atoms with Crippen LogP contribution in [-0.4, -0.2) is 14.5 Å². The van der Waals surface area contributed by atoms with E-state index in [0.717, 1.165) is 32.7 Å². The van der Waals surface area contributed by atoms with Crippen LogP contribution in [0.2, 0.25) is 5.02 Å². The van der Waals surface area contributed by atoms with Crippen molar-refractivity contribution in [1.82, 2.24) is 14.5 Å². The molecular weight excluding hydrogens is 369 g/mol. The summed E-state index contributed by atoms with van der Waals surface area (Å²) in [5, 5.41) is 1.72. The molecule has 2 heterocycles. The van der Waals surface area contributed by atoms with E-state index in [1.165, 1.54) is 12.1 Å². The number of aromatic nitrogens is 3. The van der Waals surface area contributed by atoms with Crippen LogP contribution < -0.4 is 0 Å². The number of rotatable bonds is 4. The van der Waals surface area contributed by atoms with E-state index < -0.39 is 0 Å². The highest BCUT2D eigenvalue weighted by molar-refractivity contribution is 7.11. The molecule has 0 spiro atoms. The molecule has 0 fully saturated rings. The highest BCUT2D eigenvalue weighted by Gasteiger charge is 2.13. The minimum absolute atomic E-state index is 0.265. The van der Waals surface area contributed by atoms with Gasteiger partial charge in [-0.1, -0.05) is 11.6 Å². The van der Waals surface area contributed by atoms with E-state index in [0.29, 0.717) is 11.4 Å². The highest BCUT2D eigenvalue weighted by Crippen LogP contribution is 2.26. The summed E-state index contributed by atoms with van der Waals surface area (Å²) >= 11 is 7.68. The molecule has 0 unspecified atom stereocenters. The zero-order valence-corrected chi connectivity index (χ0v) is 15.6. The topological polar surface area (TPSA) is 30.7 Å². The van der Waals surface area contributed by atoms with Gasteiger partial charge in [0.05, 0.1) is 10.7 Å². The van der Waals surface area contributed by atoms with Crippen molar-refractivity contribution in [2.45, 2.75) is 13.3 Å². The Morgan fingerprint density at radius 1 is 1.08 bits per heavy atom. The second-order valence-electron chi connectivity index (χ2n) is 5.93. The van der Waals surface area contributed by atoms with Gasteiger partial charge in [0.1, 0.15) is 11.6 Å². The zero-order valence-electron chi connectivity index (χ0n) is 14.0. The van der Waals surface area contributed by atoms with E-state index in [1.807, 2.05) is 48.1 Å². The highest BCUT2D eigenvalue weighted by atomic mass is 35.5. The van der Waals surface area contributed by atoms with E-state index in [1.54, 1.807) is 23.5 Å². The van der Waals surface area contributed by atoms with Crippen LogP contribution in [0.25, 0.3) is 17.1 Å². The van der Waals surface area contributed by atoms with Crippen LogP contribution in [0.1, 0.15) is 15.6 Å². The SMILES string of the molecule is Cc1ncc(Cc2cn(-c3ccc(Cl)cc3)c(-c3ccc(F)cc3)n2)s1. The normalized spacial score (nSPS) is 11.0. The lowest BCUT2D eigenvalue weighted by molar-refractivity contribution is 0.628. The van der Waals surface area contributed by atoms with Crippen molar-refractivity contribution in [3.63, 3.8) is 0 Å². The Bertz CT molecular complexity index is 973. The smallest absolute Gasteiger partial charge is 0.144 e. The van der Waals surface area contributed by atoms with Crippen molar-refractivity contribution in [2.75, 3.05) is 0 Å². The molecule has 0 N–H and O–H groups in total. The molecular formula is C20H15ClFN3S. The zero-order chi connectivity index (χ0) is 18.1. The third-order valence-electron chi connectivity index (χ3n) is 3.99. The Morgan fingerprint density at radius 3 is 2.46 bits per heavy atom. The molecule has 0 saturated carbocycles. The number of aryl methyl sites for hydroxylation is 1. The Hall–Kier alpha value is -2.50. The molecule has 0 saturated heterocycles. The fourth-order valence-electron chi connectivity index (χ4n) is 2.78. The Balaban J connectivity index is 1.79. The summed E-state index contributed by atoms with van der Waals surface area (Å²) in [4.78, 5) is 10.3. The maximum atomic E-state index is 13.3. The molecule has 2 aromatic heterocycles. The molecule has 130 valence electrons. The summed E-state index contributed by atoms with van der Waals surface area (Å²) < 4.78 is 15.3. The van der Waals surface area contributed by atoms with Gasteiger partial charge in [-0.3, -0.25) is 4.57 Å². The first kappa shape index (κ1) is 16.9. The Labute approximate surface area is 159 Å². The first-order valence-electron chi connectivity index (χ1n) is 8.10. The predicted molar refractivity (Wildman–Crippen MR) is 104 cm³/mol. The van der Waals surface area contributed by atoms with Crippen LogP contribution in [0, 0.1) is 12.7 Å². The number of benzene rings is 2. The van der Waals surface area contributed by atoms with Crippen LogP contribution in [0.5, 0.6) is 0 Å². The third-order valence-corrected chi connectivity index (χ3v) is 5.15. The third kappa shape index (κ3) is 3.54. The van der Waals surface area contributed by atoms with Gasteiger partial charge < -0.3 is 0 Å². The fourth-order valence-corrected chi connectivity index (χ4v) is 3.72. The van der Waals surface area contributed by atoms with Crippen molar-refractivity contribution >= 4 is 22.9 Å². The second kappa shape index (κ2) is 7.02. The molecule has 26 heavy (non-hydrogen) atoms. The largest absolute Gasteiger partial charge is 0.300 e. The van der Waals surface area contributed by atoms with E-state index in [2.05, 4.69) is 4.98 Å². The van der Waals surface area contributed by atoms with Crippen LogP contribution in [0.3, 0.4) is 0 Å². The molecule has 6 heteroatoms. The monoisotopic (exact) mass is 383 g/mol. The number of nitrogens with zero attached hydrogens (tertiary/aromatic N) is 3. The lowest BCUT2D eigenvalue weighted by Crippen LogP contribution is -1.96. The van der Waals surface area contributed by atoms with Gasteiger partial charge in [0.15, 0.2) is 0 Å². The van der Waals surface area contributed by atoms with Crippen LogP contribution in [0.15, 0.2) is 60.9 Å². The number of hydrogen-bond acceptors (Lipinski definition) is 3. The molecule has 0 bridgehead atoms. The minimum atomic E-state index is -0.265. The fraction of sp³-hybridized carbons (Fsp3) is 0.100. The van der Waals surface area contributed by atoms with Crippen molar-refractivity contribution < 1.29 is 4.39 Å². The van der Waals surface area contributed by atoms with E-state index in [-0.39, 0.29) is 5.82 Å². The Kier molecular flexibility index (Phi) is 4.57. The van der Waals surface area contributed by atoms with E-state index in [4.69, 9.17) is 16.6 Å². The van der Waals surface area contributed by atoms with Crippen LogP contribution in [-0.2, 0) is 6.42 Å². The maximum absolute atomic E-state index is 13.3. The number of hydrogen-bond donors (Lipinski definition) is 0. The van der Waals surface area contributed by atoms with Gasteiger partial charge in [-0.05, 0) is 55.5 Å². The van der Waals surface area contributed by atoms with Gasteiger partial charge in [-0.25, -0.2) is 14.4 Å². The summed E-state index contributed by atoms with van der Waals surface area (Å²) in [6.07, 6.45) is 4.61. The molecule has 0 radical (unpaired) electrons. The van der Waals surface area contributed by atoms with E-state index in [9.17, 15) is 4.39 Å². The average molecular weight is 384 g/mol. The van der Waals surface area contributed by atoms with Gasteiger partial charge in [-0.2, -0.15) is 0 Å². The number of imidazole rings is 1. The number of thiazole rings is 1. The minimum Gasteiger partial charge on any atom is -0.300 e. The quantitative estimate of drug-likeness (QED) is 0.453. The molecule has 0 aliphatic carbocycles. The molecule has 2 aromatic carbocycles.